The molecule has 2 aliphatic rings. The zero-order chi connectivity index (χ0) is 11.6. The van der Waals surface area contributed by atoms with Gasteiger partial charge in [0.15, 0.2) is 0 Å². The summed E-state index contributed by atoms with van der Waals surface area (Å²) in [5, 5.41) is 0. The van der Waals surface area contributed by atoms with Crippen LogP contribution in [0.4, 0.5) is 0 Å². The van der Waals surface area contributed by atoms with E-state index in [1.807, 2.05) is 6.92 Å². The topological polar surface area (TPSA) is 37.4 Å². The Labute approximate surface area is 97.2 Å². The Morgan fingerprint density at radius 3 is 2.12 bits per heavy atom. The molecule has 0 aromatic carbocycles. The molecule has 2 amide bonds. The van der Waals surface area contributed by atoms with Crippen LogP contribution in [0.1, 0.15) is 58.3 Å². The van der Waals surface area contributed by atoms with Crippen molar-refractivity contribution in [3.8, 4) is 0 Å². The predicted molar refractivity (Wildman–Crippen MR) is 61.8 cm³/mol. The number of carbonyl (C=O) groups is 2. The van der Waals surface area contributed by atoms with E-state index in [-0.39, 0.29) is 17.2 Å². The van der Waals surface area contributed by atoms with Gasteiger partial charge < -0.3 is 0 Å². The molecule has 0 N–H and O–H groups in total. The van der Waals surface area contributed by atoms with Gasteiger partial charge in [0.1, 0.15) is 0 Å². The zero-order valence-electron chi connectivity index (χ0n) is 10.1. The zero-order valence-corrected chi connectivity index (χ0v) is 10.1. The molecule has 0 unspecified atom stereocenters. The molecule has 3 nitrogen and oxygen atoms in total. The van der Waals surface area contributed by atoms with E-state index < -0.39 is 0 Å². The minimum atomic E-state index is 0.0384. The van der Waals surface area contributed by atoms with Crippen molar-refractivity contribution in [2.24, 2.45) is 5.41 Å². The molecule has 0 aromatic rings. The molecule has 16 heavy (non-hydrogen) atoms. The van der Waals surface area contributed by atoms with Gasteiger partial charge in [-0.15, -0.1) is 0 Å². The summed E-state index contributed by atoms with van der Waals surface area (Å²) in [7, 11) is 0. The quantitative estimate of drug-likeness (QED) is 0.674. The molecule has 3 heteroatoms. The van der Waals surface area contributed by atoms with E-state index in [1.165, 1.54) is 24.2 Å². The smallest absolute Gasteiger partial charge is 0.229 e. The second kappa shape index (κ2) is 4.56. The fraction of sp³-hybridized carbons (Fsp3) is 0.846. The molecule has 1 saturated heterocycles. The van der Waals surface area contributed by atoms with E-state index in [0.29, 0.717) is 19.4 Å². The Bertz CT molecular complexity index is 272. The van der Waals surface area contributed by atoms with Gasteiger partial charge in [0.05, 0.1) is 0 Å². The summed E-state index contributed by atoms with van der Waals surface area (Å²) in [5.41, 5.74) is 0.0384. The summed E-state index contributed by atoms with van der Waals surface area (Å²) in [4.78, 5) is 25.4. The Morgan fingerprint density at radius 1 is 1.06 bits per heavy atom. The van der Waals surface area contributed by atoms with E-state index >= 15 is 0 Å². The van der Waals surface area contributed by atoms with Gasteiger partial charge in [0, 0.05) is 19.4 Å². The molecule has 0 atom stereocenters. The first-order valence-corrected chi connectivity index (χ1v) is 6.50. The normalized spacial score (nSPS) is 25.2. The lowest BCUT2D eigenvalue weighted by molar-refractivity contribution is -0.154. The van der Waals surface area contributed by atoms with Gasteiger partial charge in [-0.3, -0.25) is 14.5 Å². The Balaban J connectivity index is 2.07. The van der Waals surface area contributed by atoms with Crippen molar-refractivity contribution in [2.75, 3.05) is 6.54 Å². The first-order chi connectivity index (χ1) is 7.67. The molecule has 0 radical (unpaired) electrons. The van der Waals surface area contributed by atoms with Crippen LogP contribution in [0.5, 0.6) is 0 Å². The maximum Gasteiger partial charge on any atom is 0.229 e. The molecule has 1 aliphatic carbocycles. The summed E-state index contributed by atoms with van der Waals surface area (Å²) in [6.45, 7) is 2.61. The van der Waals surface area contributed by atoms with Crippen molar-refractivity contribution in [1.29, 1.82) is 0 Å². The van der Waals surface area contributed by atoms with Crippen LogP contribution in [-0.4, -0.2) is 23.3 Å². The average Bonchev–Trinajstić information content (AvgIpc) is 2.24. The van der Waals surface area contributed by atoms with E-state index in [4.69, 9.17) is 0 Å². The number of hydrogen-bond acceptors (Lipinski definition) is 2. The molecule has 1 saturated carbocycles. The highest BCUT2D eigenvalue weighted by Gasteiger charge is 2.43. The lowest BCUT2D eigenvalue weighted by Crippen LogP contribution is -2.48. The molecular weight excluding hydrogens is 202 g/mol. The second-order valence-corrected chi connectivity index (χ2v) is 5.35. The third kappa shape index (κ3) is 2.13. The van der Waals surface area contributed by atoms with Crippen molar-refractivity contribution in [3.63, 3.8) is 0 Å². The number of hydrogen-bond donors (Lipinski definition) is 0. The van der Waals surface area contributed by atoms with Crippen LogP contribution in [0.25, 0.3) is 0 Å². The van der Waals surface area contributed by atoms with Crippen LogP contribution in [0.15, 0.2) is 0 Å². The summed E-state index contributed by atoms with van der Waals surface area (Å²) < 4.78 is 0. The third-order valence-electron chi connectivity index (χ3n) is 4.02. The fourth-order valence-corrected chi connectivity index (χ4v) is 3.16. The molecule has 1 heterocycles. The van der Waals surface area contributed by atoms with Gasteiger partial charge in [-0.2, -0.15) is 0 Å². The van der Waals surface area contributed by atoms with Crippen molar-refractivity contribution >= 4 is 11.8 Å². The first-order valence-electron chi connectivity index (χ1n) is 6.50. The number of nitrogens with zero attached hydrogens (tertiary/aromatic N) is 1. The van der Waals surface area contributed by atoms with Crippen molar-refractivity contribution in [3.05, 3.63) is 0 Å². The summed E-state index contributed by atoms with van der Waals surface area (Å²) in [5.74, 6) is 0.139. The number of amides is 2. The highest BCUT2D eigenvalue weighted by atomic mass is 16.2. The Morgan fingerprint density at radius 2 is 1.62 bits per heavy atom. The van der Waals surface area contributed by atoms with Crippen LogP contribution in [-0.2, 0) is 9.59 Å². The van der Waals surface area contributed by atoms with E-state index in [2.05, 4.69) is 0 Å². The van der Waals surface area contributed by atoms with E-state index in [1.54, 1.807) is 0 Å². The van der Waals surface area contributed by atoms with Gasteiger partial charge in [-0.1, -0.05) is 26.2 Å². The summed E-state index contributed by atoms with van der Waals surface area (Å²) in [6, 6.07) is 0. The van der Waals surface area contributed by atoms with Crippen LogP contribution < -0.4 is 0 Å². The van der Waals surface area contributed by atoms with Gasteiger partial charge >= 0.3 is 0 Å². The summed E-state index contributed by atoms with van der Waals surface area (Å²) >= 11 is 0. The standard InChI is InChI=1S/C13H21NO2/c1-2-8-14-11(15)9-13(10-12(14)16)6-4-3-5-7-13/h2-10H2,1H3. The molecule has 1 spiro atoms. The highest BCUT2D eigenvalue weighted by molar-refractivity contribution is 5.98. The van der Waals surface area contributed by atoms with Crippen LogP contribution in [0.2, 0.25) is 0 Å². The SMILES string of the molecule is CCCN1C(=O)CC2(CCCCC2)CC1=O. The molecule has 0 aromatic heterocycles. The average molecular weight is 223 g/mol. The number of imide groups is 1. The van der Waals surface area contributed by atoms with Crippen molar-refractivity contribution < 1.29 is 9.59 Å². The lowest BCUT2D eigenvalue weighted by Gasteiger charge is -2.42. The second-order valence-electron chi connectivity index (χ2n) is 5.35. The lowest BCUT2D eigenvalue weighted by atomic mass is 9.67. The largest absolute Gasteiger partial charge is 0.283 e. The van der Waals surface area contributed by atoms with Crippen LogP contribution >= 0.6 is 0 Å². The molecule has 1 aliphatic heterocycles. The number of carbonyl (C=O) groups excluding carboxylic acids is 2. The Kier molecular flexibility index (Phi) is 3.31. The maximum atomic E-state index is 12.0. The molecule has 2 rings (SSSR count). The van der Waals surface area contributed by atoms with Crippen LogP contribution in [0, 0.1) is 5.41 Å². The third-order valence-corrected chi connectivity index (χ3v) is 4.02. The number of piperidine rings is 1. The van der Waals surface area contributed by atoms with Crippen LogP contribution in [0.3, 0.4) is 0 Å². The molecule has 0 bridgehead atoms. The van der Waals surface area contributed by atoms with Gasteiger partial charge in [-0.05, 0) is 24.7 Å². The highest BCUT2D eigenvalue weighted by Crippen LogP contribution is 2.45. The van der Waals surface area contributed by atoms with Gasteiger partial charge in [0.2, 0.25) is 11.8 Å². The predicted octanol–water partition coefficient (Wildman–Crippen LogP) is 2.50. The fourth-order valence-electron chi connectivity index (χ4n) is 3.16. The van der Waals surface area contributed by atoms with E-state index in [0.717, 1.165) is 19.3 Å². The van der Waals surface area contributed by atoms with E-state index in [9.17, 15) is 9.59 Å². The number of likely N-dealkylation sites (tertiary alicyclic amines) is 1. The minimum absolute atomic E-state index is 0.0384. The molecular formula is C13H21NO2. The summed E-state index contributed by atoms with van der Waals surface area (Å²) in [6.07, 6.45) is 7.88. The number of rotatable bonds is 2. The monoisotopic (exact) mass is 223 g/mol. The first kappa shape index (κ1) is 11.6. The Hall–Kier alpha value is -0.860. The van der Waals surface area contributed by atoms with Gasteiger partial charge in [-0.25, -0.2) is 0 Å². The minimum Gasteiger partial charge on any atom is -0.283 e. The molecule has 90 valence electrons. The van der Waals surface area contributed by atoms with Crippen molar-refractivity contribution in [1.82, 2.24) is 4.90 Å². The van der Waals surface area contributed by atoms with Crippen molar-refractivity contribution in [2.45, 2.75) is 58.3 Å². The molecule has 2 fully saturated rings. The maximum absolute atomic E-state index is 12.0. The van der Waals surface area contributed by atoms with Gasteiger partial charge in [0.25, 0.3) is 0 Å².